The molecule has 0 saturated carbocycles. The minimum Gasteiger partial charge on any atom is -0.207 e. The summed E-state index contributed by atoms with van der Waals surface area (Å²) in [5, 5.41) is 0. The van der Waals surface area contributed by atoms with Gasteiger partial charge in [0.25, 0.3) is 0 Å². The van der Waals surface area contributed by atoms with Gasteiger partial charge in [-0.15, -0.1) is 0 Å². The molecular weight excluding hydrogens is 391 g/mol. The van der Waals surface area contributed by atoms with Crippen LogP contribution in [0, 0.1) is 5.82 Å². The van der Waals surface area contributed by atoms with E-state index in [1.807, 2.05) is 24.3 Å². The molecule has 0 atom stereocenters. The Labute approximate surface area is 187 Å². The zero-order chi connectivity index (χ0) is 21.5. The molecule has 0 N–H and O–H groups in total. The topological polar surface area (TPSA) is 0 Å². The van der Waals surface area contributed by atoms with Gasteiger partial charge in [-0.25, -0.2) is 4.39 Å². The van der Waals surface area contributed by atoms with Crippen molar-refractivity contribution in [2.75, 3.05) is 0 Å². The Morgan fingerprint density at radius 2 is 1.12 bits per heavy atom. The van der Waals surface area contributed by atoms with Gasteiger partial charge in [-0.2, -0.15) is 0 Å². The largest absolute Gasteiger partial charge is 0.207 e. The highest BCUT2D eigenvalue weighted by molar-refractivity contribution is 6.01. The number of benzene rings is 5. The molecule has 0 heterocycles. The Morgan fingerprint density at radius 3 is 1.88 bits per heavy atom. The van der Waals surface area contributed by atoms with Crippen molar-refractivity contribution in [3.8, 4) is 44.5 Å². The van der Waals surface area contributed by atoms with Gasteiger partial charge < -0.3 is 0 Å². The van der Waals surface area contributed by atoms with E-state index in [2.05, 4.69) is 78.9 Å². The molecule has 32 heavy (non-hydrogen) atoms. The maximum atomic E-state index is 14.4. The molecule has 0 amide bonds. The van der Waals surface area contributed by atoms with E-state index in [4.69, 9.17) is 0 Å². The van der Waals surface area contributed by atoms with Crippen molar-refractivity contribution in [1.29, 1.82) is 0 Å². The molecule has 0 aliphatic heterocycles. The molecule has 0 nitrogen and oxygen atoms in total. The Balaban J connectivity index is 1.77. The van der Waals surface area contributed by atoms with Crippen molar-refractivity contribution < 1.29 is 4.39 Å². The van der Waals surface area contributed by atoms with Gasteiger partial charge >= 0.3 is 0 Å². The second-order valence-corrected chi connectivity index (χ2v) is 8.28. The van der Waals surface area contributed by atoms with Crippen LogP contribution in [0.3, 0.4) is 0 Å². The number of rotatable bonds is 3. The Morgan fingerprint density at radius 1 is 0.469 bits per heavy atom. The van der Waals surface area contributed by atoms with E-state index < -0.39 is 0 Å². The van der Waals surface area contributed by atoms with Gasteiger partial charge in [0, 0.05) is 0 Å². The number of fused-ring (bicyclic) bond motifs is 3. The highest BCUT2D eigenvalue weighted by Gasteiger charge is 2.27. The third-order valence-corrected chi connectivity index (χ3v) is 6.37. The van der Waals surface area contributed by atoms with E-state index in [9.17, 15) is 4.39 Å². The summed E-state index contributed by atoms with van der Waals surface area (Å²) >= 11 is 0. The highest BCUT2D eigenvalue weighted by atomic mass is 19.1. The fourth-order valence-corrected chi connectivity index (χ4v) is 4.99. The van der Waals surface area contributed by atoms with Gasteiger partial charge in [-0.3, -0.25) is 0 Å². The summed E-state index contributed by atoms with van der Waals surface area (Å²) in [6.07, 6.45) is 0.853. The van der Waals surface area contributed by atoms with Crippen molar-refractivity contribution in [2.45, 2.75) is 6.42 Å². The molecule has 0 fully saturated rings. The lowest BCUT2D eigenvalue weighted by atomic mass is 9.82. The fraction of sp³-hybridized carbons (Fsp3) is 0.0323. The average molecular weight is 413 g/mol. The summed E-state index contributed by atoms with van der Waals surface area (Å²) in [5.41, 5.74) is 11.8. The van der Waals surface area contributed by atoms with Crippen molar-refractivity contribution >= 4 is 0 Å². The molecule has 1 aliphatic carbocycles. The van der Waals surface area contributed by atoms with E-state index in [1.54, 1.807) is 6.07 Å². The lowest BCUT2D eigenvalue weighted by Gasteiger charge is -2.21. The van der Waals surface area contributed by atoms with Crippen LogP contribution in [-0.4, -0.2) is 0 Å². The predicted molar refractivity (Wildman–Crippen MR) is 131 cm³/mol. The molecule has 1 aliphatic rings. The van der Waals surface area contributed by atoms with Gasteiger partial charge in [-0.05, 0) is 80.3 Å². The minimum absolute atomic E-state index is 0.212. The quantitative estimate of drug-likeness (QED) is 0.274. The van der Waals surface area contributed by atoms with Crippen LogP contribution in [0.25, 0.3) is 44.5 Å². The van der Waals surface area contributed by atoms with Gasteiger partial charge in [0.15, 0.2) is 0 Å². The van der Waals surface area contributed by atoms with Gasteiger partial charge in [0.05, 0.1) is 0 Å². The predicted octanol–water partition coefficient (Wildman–Crippen LogP) is 8.40. The fourth-order valence-electron chi connectivity index (χ4n) is 4.99. The third-order valence-electron chi connectivity index (χ3n) is 6.37. The van der Waals surface area contributed by atoms with Crippen LogP contribution in [0.1, 0.15) is 11.1 Å². The van der Waals surface area contributed by atoms with Crippen LogP contribution in [0.4, 0.5) is 4.39 Å². The minimum atomic E-state index is -0.212. The number of hydrogen-bond donors (Lipinski definition) is 0. The van der Waals surface area contributed by atoms with Gasteiger partial charge in [-0.1, -0.05) is 97.1 Å². The molecule has 0 unspecified atom stereocenters. The van der Waals surface area contributed by atoms with E-state index in [1.165, 1.54) is 33.9 Å². The summed E-state index contributed by atoms with van der Waals surface area (Å²) in [6.45, 7) is 0. The van der Waals surface area contributed by atoms with Crippen LogP contribution in [-0.2, 0) is 6.42 Å². The van der Waals surface area contributed by atoms with Crippen LogP contribution < -0.4 is 0 Å². The van der Waals surface area contributed by atoms with E-state index in [-0.39, 0.29) is 5.82 Å². The molecule has 0 saturated heterocycles. The summed E-state index contributed by atoms with van der Waals surface area (Å²) in [5.74, 6) is -0.212. The zero-order valence-corrected chi connectivity index (χ0v) is 17.6. The summed E-state index contributed by atoms with van der Waals surface area (Å²) in [4.78, 5) is 0. The third kappa shape index (κ3) is 3.06. The Bertz CT molecular complexity index is 1430. The van der Waals surface area contributed by atoms with E-state index >= 15 is 0 Å². The summed E-state index contributed by atoms with van der Waals surface area (Å²) in [7, 11) is 0. The molecule has 6 rings (SSSR count). The number of halogens is 1. The van der Waals surface area contributed by atoms with Crippen molar-refractivity contribution in [3.63, 3.8) is 0 Å². The summed E-state index contributed by atoms with van der Waals surface area (Å²) in [6, 6.07) is 39.0. The maximum absolute atomic E-state index is 14.4. The lowest BCUT2D eigenvalue weighted by molar-refractivity contribution is 0.628. The average Bonchev–Trinajstić information content (AvgIpc) is 3.22. The lowest BCUT2D eigenvalue weighted by Crippen LogP contribution is -1.97. The van der Waals surface area contributed by atoms with Crippen LogP contribution in [0.5, 0.6) is 0 Å². The first-order valence-corrected chi connectivity index (χ1v) is 10.9. The number of hydrogen-bond acceptors (Lipinski definition) is 0. The Hall–Kier alpha value is -3.97. The van der Waals surface area contributed by atoms with Crippen LogP contribution in [0.15, 0.2) is 115 Å². The van der Waals surface area contributed by atoms with Crippen LogP contribution in [0.2, 0.25) is 0 Å². The smallest absolute Gasteiger partial charge is 0.123 e. The molecule has 1 heteroatoms. The molecule has 0 radical (unpaired) electrons. The second kappa shape index (κ2) is 7.62. The maximum Gasteiger partial charge on any atom is 0.123 e. The molecular formula is C31H21F. The SMILES string of the molecule is Fc1cccc(-c2c3c(cc(-c4ccccc4)c2-c2ccccc2)-c2ccccc2C3)c1. The zero-order valence-electron chi connectivity index (χ0n) is 17.6. The standard InChI is InChI=1S/C31H21F/c32-25-16-9-15-24(18-25)31-29-19-23-14-7-8-17-26(23)28(29)20-27(21-10-3-1-4-11-21)30(31)22-12-5-2-6-13-22/h1-18,20H,19H2. The van der Waals surface area contributed by atoms with Crippen molar-refractivity contribution in [1.82, 2.24) is 0 Å². The molecule has 0 spiro atoms. The molecule has 5 aromatic rings. The molecule has 5 aromatic carbocycles. The summed E-state index contributed by atoms with van der Waals surface area (Å²) < 4.78 is 14.4. The first-order chi connectivity index (χ1) is 15.8. The van der Waals surface area contributed by atoms with Gasteiger partial charge in [0.1, 0.15) is 5.82 Å². The molecule has 0 bridgehead atoms. The monoisotopic (exact) mass is 412 g/mol. The van der Waals surface area contributed by atoms with Gasteiger partial charge in [0.2, 0.25) is 0 Å². The van der Waals surface area contributed by atoms with E-state index in [0.717, 1.165) is 34.2 Å². The second-order valence-electron chi connectivity index (χ2n) is 8.28. The van der Waals surface area contributed by atoms with Crippen molar-refractivity contribution in [2.24, 2.45) is 0 Å². The molecule has 152 valence electrons. The normalized spacial score (nSPS) is 11.8. The Kier molecular flexibility index (Phi) is 4.47. The van der Waals surface area contributed by atoms with Crippen molar-refractivity contribution in [3.05, 3.63) is 132 Å². The van der Waals surface area contributed by atoms with Crippen LogP contribution >= 0.6 is 0 Å². The first-order valence-electron chi connectivity index (χ1n) is 10.9. The van der Waals surface area contributed by atoms with E-state index in [0.29, 0.717) is 0 Å². The molecule has 0 aromatic heterocycles. The highest BCUT2D eigenvalue weighted by Crippen LogP contribution is 2.50. The first kappa shape index (κ1) is 18.8.